The number of phenols is 1. The molecule has 23 heavy (non-hydrogen) atoms. The Bertz CT molecular complexity index is 929. The Balaban J connectivity index is 2.02. The van der Waals surface area contributed by atoms with Crippen LogP contribution in [0.3, 0.4) is 0 Å². The zero-order valence-electron chi connectivity index (χ0n) is 12.3. The first kappa shape index (κ1) is 14.7. The lowest BCUT2D eigenvalue weighted by molar-refractivity contribution is 0.478. The Morgan fingerprint density at radius 3 is 2.83 bits per heavy atom. The molecule has 2 aromatic heterocycles. The summed E-state index contributed by atoms with van der Waals surface area (Å²) in [5, 5.41) is 15.9. The van der Waals surface area contributed by atoms with Gasteiger partial charge >= 0.3 is 0 Å². The quantitative estimate of drug-likeness (QED) is 0.392. The summed E-state index contributed by atoms with van der Waals surface area (Å²) in [5.41, 5.74) is 9.23. The van der Waals surface area contributed by atoms with E-state index in [9.17, 15) is 9.50 Å². The number of H-pyrrole nitrogens is 1. The maximum Gasteiger partial charge on any atom is 0.209 e. The van der Waals surface area contributed by atoms with Crippen molar-refractivity contribution in [2.75, 3.05) is 5.73 Å². The molecule has 0 unspecified atom stereocenters. The summed E-state index contributed by atoms with van der Waals surface area (Å²) in [7, 11) is 0. The summed E-state index contributed by atoms with van der Waals surface area (Å²) < 4.78 is 12.8. The highest BCUT2D eigenvalue weighted by molar-refractivity contribution is 5.93. The van der Waals surface area contributed by atoms with Crippen LogP contribution in [0.25, 0.3) is 23.2 Å². The predicted molar refractivity (Wildman–Crippen MR) is 86.8 cm³/mol. The van der Waals surface area contributed by atoms with Crippen LogP contribution in [0.1, 0.15) is 18.2 Å². The standard InChI is InChI=1S/C16H14FN5O/c1-9(2-3-10-7-14(17)22-21-10)6-11-15(18)13(23)8-12-16(11)20-5-4-19-12/h2-8,23H,18H2,1H3,(H,21,22)/b3-2-,9-6+. The number of allylic oxidation sites excluding steroid dienone is 2. The third kappa shape index (κ3) is 3.03. The van der Waals surface area contributed by atoms with E-state index in [4.69, 9.17) is 5.73 Å². The maximum absolute atomic E-state index is 12.8. The number of phenolic OH excluding ortho intramolecular Hbond substituents is 1. The number of nitrogens with two attached hydrogens (primary N) is 1. The van der Waals surface area contributed by atoms with Crippen LogP contribution in [0, 0.1) is 5.95 Å². The van der Waals surface area contributed by atoms with Crippen LogP contribution in [0.15, 0.2) is 36.2 Å². The highest BCUT2D eigenvalue weighted by atomic mass is 19.1. The van der Waals surface area contributed by atoms with Crippen LogP contribution >= 0.6 is 0 Å². The highest BCUT2D eigenvalue weighted by Crippen LogP contribution is 2.32. The molecule has 0 aliphatic carbocycles. The van der Waals surface area contributed by atoms with Crippen molar-refractivity contribution in [1.82, 2.24) is 20.2 Å². The summed E-state index contributed by atoms with van der Waals surface area (Å²) in [5.74, 6) is -0.542. The number of nitrogens with zero attached hydrogens (tertiary/aromatic N) is 3. The van der Waals surface area contributed by atoms with Crippen molar-refractivity contribution in [1.29, 1.82) is 0 Å². The SMILES string of the molecule is CC(/C=C\c1cc(F)[nH]n1)=C\c1c(N)c(O)cc2nccnc12. The number of rotatable bonds is 3. The number of aromatic hydroxyl groups is 1. The topological polar surface area (TPSA) is 101 Å². The molecule has 3 rings (SSSR count). The molecule has 1 aromatic carbocycles. The molecule has 0 fully saturated rings. The smallest absolute Gasteiger partial charge is 0.209 e. The number of nitrogen functional groups attached to an aromatic ring is 1. The molecule has 0 radical (unpaired) electrons. The van der Waals surface area contributed by atoms with E-state index in [1.807, 2.05) is 6.92 Å². The van der Waals surface area contributed by atoms with Crippen molar-refractivity contribution >= 4 is 28.9 Å². The molecule has 6 nitrogen and oxygen atoms in total. The fraction of sp³-hybridized carbons (Fsp3) is 0.0625. The summed E-state index contributed by atoms with van der Waals surface area (Å²) >= 11 is 0. The molecule has 0 aliphatic rings. The summed E-state index contributed by atoms with van der Waals surface area (Å²) in [6.45, 7) is 1.85. The number of aromatic nitrogens is 4. The van der Waals surface area contributed by atoms with Crippen LogP contribution in [0.4, 0.5) is 10.1 Å². The normalized spacial score (nSPS) is 12.3. The Labute approximate surface area is 131 Å². The molecule has 0 saturated heterocycles. The summed E-state index contributed by atoms with van der Waals surface area (Å²) in [6.07, 6.45) is 8.32. The monoisotopic (exact) mass is 311 g/mol. The van der Waals surface area contributed by atoms with Gasteiger partial charge in [0.15, 0.2) is 0 Å². The zero-order chi connectivity index (χ0) is 16.4. The highest BCUT2D eigenvalue weighted by Gasteiger charge is 2.10. The van der Waals surface area contributed by atoms with Crippen molar-refractivity contribution in [2.45, 2.75) is 6.92 Å². The molecule has 0 saturated carbocycles. The van der Waals surface area contributed by atoms with Crippen molar-refractivity contribution in [3.63, 3.8) is 0 Å². The Hall–Kier alpha value is -3.22. The molecule has 2 heterocycles. The van der Waals surface area contributed by atoms with Gasteiger partial charge in [0, 0.05) is 30.1 Å². The van der Waals surface area contributed by atoms with E-state index in [0.717, 1.165) is 5.57 Å². The second-order valence-electron chi connectivity index (χ2n) is 5.01. The number of nitrogens with one attached hydrogen (secondary N) is 1. The number of hydrogen-bond acceptors (Lipinski definition) is 5. The molecule has 7 heteroatoms. The van der Waals surface area contributed by atoms with E-state index in [1.165, 1.54) is 12.1 Å². The van der Waals surface area contributed by atoms with Crippen LogP contribution in [0.2, 0.25) is 0 Å². The van der Waals surface area contributed by atoms with E-state index in [-0.39, 0.29) is 11.4 Å². The minimum absolute atomic E-state index is 0.0459. The second-order valence-corrected chi connectivity index (χ2v) is 5.01. The number of halogens is 1. The van der Waals surface area contributed by atoms with Gasteiger partial charge in [-0.1, -0.05) is 11.6 Å². The van der Waals surface area contributed by atoms with E-state index in [1.54, 1.807) is 30.6 Å². The van der Waals surface area contributed by atoms with Gasteiger partial charge in [-0.2, -0.15) is 9.49 Å². The lowest BCUT2D eigenvalue weighted by Crippen LogP contribution is -1.95. The number of aromatic amines is 1. The van der Waals surface area contributed by atoms with Gasteiger partial charge in [0.2, 0.25) is 5.95 Å². The fourth-order valence-electron chi connectivity index (χ4n) is 2.17. The van der Waals surface area contributed by atoms with Crippen LogP contribution in [-0.2, 0) is 0 Å². The third-order valence-corrected chi connectivity index (χ3v) is 3.28. The number of fused-ring (bicyclic) bond motifs is 1. The molecular formula is C16H14FN5O. The molecule has 116 valence electrons. The largest absolute Gasteiger partial charge is 0.506 e. The van der Waals surface area contributed by atoms with Gasteiger partial charge < -0.3 is 10.8 Å². The first-order chi connectivity index (χ1) is 11.0. The summed E-state index contributed by atoms with van der Waals surface area (Å²) in [4.78, 5) is 8.43. The Morgan fingerprint density at radius 2 is 2.09 bits per heavy atom. The van der Waals surface area contributed by atoms with E-state index in [0.29, 0.717) is 22.3 Å². The van der Waals surface area contributed by atoms with Crippen LogP contribution in [0.5, 0.6) is 5.75 Å². The van der Waals surface area contributed by atoms with Gasteiger partial charge in [-0.25, -0.2) is 0 Å². The van der Waals surface area contributed by atoms with E-state index >= 15 is 0 Å². The molecule has 3 aromatic rings. The minimum atomic E-state index is -0.496. The van der Waals surface area contributed by atoms with Crippen molar-refractivity contribution in [3.05, 3.63) is 53.4 Å². The fourth-order valence-corrected chi connectivity index (χ4v) is 2.17. The van der Waals surface area contributed by atoms with Crippen molar-refractivity contribution in [3.8, 4) is 5.75 Å². The molecule has 0 aliphatic heterocycles. The molecule has 0 spiro atoms. The summed E-state index contributed by atoms with van der Waals surface area (Å²) in [6, 6.07) is 2.76. The molecule has 4 N–H and O–H groups in total. The lowest BCUT2D eigenvalue weighted by Gasteiger charge is -2.07. The van der Waals surface area contributed by atoms with Gasteiger partial charge in [-0.05, 0) is 19.1 Å². The Morgan fingerprint density at radius 1 is 1.30 bits per heavy atom. The first-order valence-corrected chi connectivity index (χ1v) is 6.84. The van der Waals surface area contributed by atoms with Crippen molar-refractivity contribution < 1.29 is 9.50 Å². The van der Waals surface area contributed by atoms with Gasteiger partial charge in [-0.3, -0.25) is 15.1 Å². The van der Waals surface area contributed by atoms with E-state index in [2.05, 4.69) is 20.2 Å². The lowest BCUT2D eigenvalue weighted by atomic mass is 10.1. The van der Waals surface area contributed by atoms with Crippen LogP contribution < -0.4 is 5.73 Å². The molecule has 0 bridgehead atoms. The third-order valence-electron chi connectivity index (χ3n) is 3.28. The average Bonchev–Trinajstić information content (AvgIpc) is 2.95. The number of hydrogen-bond donors (Lipinski definition) is 3. The van der Waals surface area contributed by atoms with Gasteiger partial charge in [0.1, 0.15) is 5.75 Å². The number of benzene rings is 1. The predicted octanol–water partition coefficient (Wildman–Crippen LogP) is 2.90. The van der Waals surface area contributed by atoms with Gasteiger partial charge in [-0.15, -0.1) is 0 Å². The van der Waals surface area contributed by atoms with Gasteiger partial charge in [0.05, 0.1) is 22.4 Å². The molecule has 0 atom stereocenters. The van der Waals surface area contributed by atoms with E-state index < -0.39 is 5.95 Å². The number of anilines is 1. The van der Waals surface area contributed by atoms with Crippen LogP contribution in [-0.4, -0.2) is 25.3 Å². The molecular weight excluding hydrogens is 297 g/mol. The van der Waals surface area contributed by atoms with Crippen molar-refractivity contribution in [2.24, 2.45) is 0 Å². The van der Waals surface area contributed by atoms with Gasteiger partial charge in [0.25, 0.3) is 0 Å². The average molecular weight is 311 g/mol. The minimum Gasteiger partial charge on any atom is -0.506 e. The molecule has 0 amide bonds. The zero-order valence-corrected chi connectivity index (χ0v) is 12.3. The Kier molecular flexibility index (Phi) is 3.76. The first-order valence-electron chi connectivity index (χ1n) is 6.84. The second kappa shape index (κ2) is 5.88. The maximum atomic E-state index is 12.8.